The van der Waals surface area contributed by atoms with E-state index >= 15 is 0 Å². The van der Waals surface area contributed by atoms with E-state index in [4.69, 9.17) is 4.74 Å². The first-order chi connectivity index (χ1) is 13.4. The maximum Gasteiger partial charge on any atom is 0.416 e. The molecule has 1 aromatic rings. The molecule has 0 saturated carbocycles. The van der Waals surface area contributed by atoms with Gasteiger partial charge < -0.3 is 19.9 Å². The lowest BCUT2D eigenvalue weighted by Gasteiger charge is -2.37. The van der Waals surface area contributed by atoms with Gasteiger partial charge in [-0.25, -0.2) is 0 Å². The van der Waals surface area contributed by atoms with Gasteiger partial charge in [-0.05, 0) is 30.5 Å². The lowest BCUT2D eigenvalue weighted by atomic mass is 10.1. The number of aliphatic imine (C=N–C) groups is 1. The molecule has 2 aliphatic rings. The first-order valence-corrected chi connectivity index (χ1v) is 9.40. The van der Waals surface area contributed by atoms with Crippen LogP contribution in [0.25, 0.3) is 0 Å². The molecule has 6 nitrogen and oxygen atoms in total. The number of carbonyl (C=O) groups excluding carboxylic acids is 1. The van der Waals surface area contributed by atoms with Crippen molar-refractivity contribution in [3.63, 3.8) is 0 Å². The predicted molar refractivity (Wildman–Crippen MR) is 114 cm³/mol. The minimum Gasteiger partial charge on any atom is -0.368 e. The van der Waals surface area contributed by atoms with Gasteiger partial charge in [-0.15, -0.1) is 24.0 Å². The van der Waals surface area contributed by atoms with Crippen molar-refractivity contribution < 1.29 is 22.7 Å². The Labute approximate surface area is 185 Å². The maximum absolute atomic E-state index is 12.6. The van der Waals surface area contributed by atoms with Crippen LogP contribution in [0.15, 0.2) is 29.3 Å². The topological polar surface area (TPSA) is 57.2 Å². The molecular formula is C19H26F3IN4O2. The first-order valence-electron chi connectivity index (χ1n) is 9.40. The summed E-state index contributed by atoms with van der Waals surface area (Å²) in [4.78, 5) is 20.5. The molecule has 1 atom stereocenters. The van der Waals surface area contributed by atoms with Crippen LogP contribution in [0.4, 0.5) is 13.2 Å². The number of benzene rings is 1. The van der Waals surface area contributed by atoms with Gasteiger partial charge in [-0.1, -0.05) is 12.1 Å². The molecule has 0 aliphatic carbocycles. The molecule has 2 fully saturated rings. The standard InChI is InChI=1S/C19H25F3N4O2.HI/c1-23-18(24-13-14-4-6-15(7-5-14)19(20,21)22)26-10-8-25(9-11-26)17(27)16-3-2-12-28-16;/h4-7,16H,2-3,8-13H2,1H3,(H,23,24);1H. The quantitative estimate of drug-likeness (QED) is 0.374. The van der Waals surface area contributed by atoms with Gasteiger partial charge in [0.15, 0.2) is 5.96 Å². The highest BCUT2D eigenvalue weighted by molar-refractivity contribution is 14.0. The zero-order valence-electron chi connectivity index (χ0n) is 16.2. The van der Waals surface area contributed by atoms with Gasteiger partial charge in [0.2, 0.25) is 0 Å². The molecule has 2 saturated heterocycles. The van der Waals surface area contributed by atoms with Crippen LogP contribution in [0.2, 0.25) is 0 Å². The van der Waals surface area contributed by atoms with Crippen LogP contribution in [-0.4, -0.2) is 67.6 Å². The third kappa shape index (κ3) is 6.21. The highest BCUT2D eigenvalue weighted by Crippen LogP contribution is 2.29. The van der Waals surface area contributed by atoms with E-state index in [9.17, 15) is 18.0 Å². The van der Waals surface area contributed by atoms with E-state index in [0.717, 1.165) is 30.5 Å². The number of amides is 1. The number of halogens is 4. The van der Waals surface area contributed by atoms with Crippen LogP contribution in [0, 0.1) is 0 Å². The molecule has 2 heterocycles. The number of nitrogens with zero attached hydrogens (tertiary/aromatic N) is 3. The third-order valence-electron chi connectivity index (χ3n) is 5.04. The lowest BCUT2D eigenvalue weighted by Crippen LogP contribution is -2.55. The molecule has 0 spiro atoms. The zero-order valence-corrected chi connectivity index (χ0v) is 18.6. The number of guanidine groups is 1. The second-order valence-corrected chi connectivity index (χ2v) is 6.91. The van der Waals surface area contributed by atoms with Crippen molar-refractivity contribution in [1.29, 1.82) is 0 Å². The van der Waals surface area contributed by atoms with E-state index in [2.05, 4.69) is 10.3 Å². The average Bonchev–Trinajstić information content (AvgIpc) is 3.23. The Balaban J connectivity index is 0.00000300. The van der Waals surface area contributed by atoms with E-state index in [0.29, 0.717) is 45.3 Å². The van der Waals surface area contributed by atoms with E-state index in [-0.39, 0.29) is 36.0 Å². The summed E-state index contributed by atoms with van der Waals surface area (Å²) in [6.45, 7) is 3.51. The third-order valence-corrected chi connectivity index (χ3v) is 5.04. The van der Waals surface area contributed by atoms with E-state index in [1.165, 1.54) is 12.1 Å². The Kier molecular flexibility index (Phi) is 8.56. The number of rotatable bonds is 3. The Morgan fingerprint density at radius 1 is 1.17 bits per heavy atom. The molecule has 162 valence electrons. The SMILES string of the molecule is CN=C(NCc1ccc(C(F)(F)F)cc1)N1CCN(C(=O)C2CCCO2)CC1.I. The summed E-state index contributed by atoms with van der Waals surface area (Å²) in [5.74, 6) is 0.731. The summed E-state index contributed by atoms with van der Waals surface area (Å²) in [5, 5.41) is 3.18. The fourth-order valence-corrected chi connectivity index (χ4v) is 3.44. The van der Waals surface area contributed by atoms with Gasteiger partial charge in [-0.2, -0.15) is 13.2 Å². The number of piperazine rings is 1. The summed E-state index contributed by atoms with van der Waals surface area (Å²) in [7, 11) is 1.67. The number of alkyl halides is 3. The number of nitrogens with one attached hydrogen (secondary N) is 1. The van der Waals surface area contributed by atoms with Gasteiger partial charge in [-0.3, -0.25) is 9.79 Å². The summed E-state index contributed by atoms with van der Waals surface area (Å²) < 4.78 is 43.4. The molecule has 1 aromatic carbocycles. The summed E-state index contributed by atoms with van der Waals surface area (Å²) in [6, 6.07) is 5.08. The highest BCUT2D eigenvalue weighted by Gasteiger charge is 2.31. The molecule has 2 aliphatic heterocycles. The van der Waals surface area contributed by atoms with E-state index in [1.54, 1.807) is 7.05 Å². The van der Waals surface area contributed by atoms with Crippen molar-refractivity contribution in [2.45, 2.75) is 31.7 Å². The molecule has 10 heteroatoms. The fraction of sp³-hybridized carbons (Fsp3) is 0.579. The van der Waals surface area contributed by atoms with E-state index in [1.807, 2.05) is 9.80 Å². The Bertz CT molecular complexity index is 698. The number of hydrogen-bond acceptors (Lipinski definition) is 3. The van der Waals surface area contributed by atoms with E-state index < -0.39 is 11.7 Å². The fourth-order valence-electron chi connectivity index (χ4n) is 3.44. The first kappa shape index (κ1) is 23.7. The molecule has 0 bridgehead atoms. The summed E-state index contributed by atoms with van der Waals surface area (Å²) in [6.07, 6.45) is -2.92. The molecule has 29 heavy (non-hydrogen) atoms. The predicted octanol–water partition coefficient (Wildman–Crippen LogP) is 2.72. The molecule has 1 amide bonds. The summed E-state index contributed by atoms with van der Waals surface area (Å²) >= 11 is 0. The average molecular weight is 526 g/mol. The van der Waals surface area contributed by atoms with Crippen LogP contribution in [0.3, 0.4) is 0 Å². The van der Waals surface area contributed by atoms with Crippen molar-refractivity contribution in [1.82, 2.24) is 15.1 Å². The smallest absolute Gasteiger partial charge is 0.368 e. The van der Waals surface area contributed by atoms with Crippen LogP contribution >= 0.6 is 24.0 Å². The second-order valence-electron chi connectivity index (χ2n) is 6.91. The van der Waals surface area contributed by atoms with Crippen LogP contribution in [0.1, 0.15) is 24.0 Å². The van der Waals surface area contributed by atoms with Crippen molar-refractivity contribution in [2.75, 3.05) is 39.8 Å². The van der Waals surface area contributed by atoms with Crippen molar-refractivity contribution in [3.05, 3.63) is 35.4 Å². The summed E-state index contributed by atoms with van der Waals surface area (Å²) in [5.41, 5.74) is 0.0778. The molecular weight excluding hydrogens is 500 g/mol. The van der Waals surface area contributed by atoms with Crippen molar-refractivity contribution in [2.24, 2.45) is 4.99 Å². The molecule has 3 rings (SSSR count). The lowest BCUT2D eigenvalue weighted by molar-refractivity contribution is -0.142. The number of carbonyl (C=O) groups is 1. The Hall–Kier alpha value is -1.56. The Morgan fingerprint density at radius 2 is 1.79 bits per heavy atom. The van der Waals surface area contributed by atoms with Crippen molar-refractivity contribution >= 4 is 35.8 Å². The maximum atomic E-state index is 12.6. The minimum absolute atomic E-state index is 0. The minimum atomic E-state index is -4.33. The normalized spacial score (nSPS) is 20.4. The van der Waals surface area contributed by atoms with Crippen LogP contribution < -0.4 is 5.32 Å². The van der Waals surface area contributed by atoms with Crippen molar-refractivity contribution in [3.8, 4) is 0 Å². The second kappa shape index (κ2) is 10.5. The van der Waals surface area contributed by atoms with Gasteiger partial charge in [0.25, 0.3) is 5.91 Å². The molecule has 1 N–H and O–H groups in total. The van der Waals surface area contributed by atoms with Gasteiger partial charge in [0.1, 0.15) is 6.10 Å². The largest absolute Gasteiger partial charge is 0.416 e. The Morgan fingerprint density at radius 3 is 2.31 bits per heavy atom. The monoisotopic (exact) mass is 526 g/mol. The molecule has 0 aromatic heterocycles. The molecule has 1 unspecified atom stereocenters. The van der Waals surface area contributed by atoms with Gasteiger partial charge >= 0.3 is 6.18 Å². The number of hydrogen-bond donors (Lipinski definition) is 1. The zero-order chi connectivity index (χ0) is 20.1. The highest BCUT2D eigenvalue weighted by atomic mass is 127. The van der Waals surface area contributed by atoms with Gasteiger partial charge in [0, 0.05) is 46.4 Å². The number of ether oxygens (including phenoxy) is 1. The van der Waals surface area contributed by atoms with Crippen LogP contribution in [-0.2, 0) is 22.3 Å². The van der Waals surface area contributed by atoms with Gasteiger partial charge in [0.05, 0.1) is 5.56 Å². The van der Waals surface area contributed by atoms with Crippen LogP contribution in [0.5, 0.6) is 0 Å². The molecule has 0 radical (unpaired) electrons.